The third-order valence-corrected chi connectivity index (χ3v) is 3.58. The zero-order valence-electron chi connectivity index (χ0n) is 9.27. The van der Waals surface area contributed by atoms with Gasteiger partial charge in [-0.05, 0) is 36.8 Å². The fourth-order valence-electron chi connectivity index (χ4n) is 2.78. The lowest BCUT2D eigenvalue weighted by molar-refractivity contribution is -0.120. The van der Waals surface area contributed by atoms with Gasteiger partial charge in [0.1, 0.15) is 5.82 Å². The lowest BCUT2D eigenvalue weighted by Gasteiger charge is -2.17. The van der Waals surface area contributed by atoms with Crippen molar-refractivity contribution in [3.63, 3.8) is 0 Å². The molecule has 0 aliphatic heterocycles. The lowest BCUT2D eigenvalue weighted by Crippen LogP contribution is -2.26. The third-order valence-electron chi connectivity index (χ3n) is 3.58. The smallest absolute Gasteiger partial charge is 0.229 e. The van der Waals surface area contributed by atoms with Crippen LogP contribution in [0.4, 0.5) is 10.2 Å². The summed E-state index contributed by atoms with van der Waals surface area (Å²) >= 11 is 0. The molecule has 1 aromatic rings. The summed E-state index contributed by atoms with van der Waals surface area (Å²) in [6, 6.07) is 4.40. The van der Waals surface area contributed by atoms with Gasteiger partial charge in [0.05, 0.1) is 0 Å². The predicted octanol–water partition coefficient (Wildman–Crippen LogP) is 2.37. The van der Waals surface area contributed by atoms with Crippen molar-refractivity contribution in [1.82, 2.24) is 4.98 Å². The standard InChI is InChI=1S/C13H13FN2O/c14-11-2-1-3-12(15-11)16-13(17)10-7-8-4-5-9(10)6-8/h1-5,8-10H,6-7H2,(H,15,16,17). The van der Waals surface area contributed by atoms with Crippen LogP contribution in [0.15, 0.2) is 30.4 Å². The van der Waals surface area contributed by atoms with E-state index in [1.807, 2.05) is 0 Å². The minimum atomic E-state index is -0.573. The van der Waals surface area contributed by atoms with Crippen LogP contribution in [-0.4, -0.2) is 10.9 Å². The number of nitrogens with zero attached hydrogens (tertiary/aromatic N) is 1. The van der Waals surface area contributed by atoms with Crippen molar-refractivity contribution in [2.24, 2.45) is 17.8 Å². The molecule has 1 heterocycles. The molecule has 3 atom stereocenters. The molecule has 17 heavy (non-hydrogen) atoms. The normalized spacial score (nSPS) is 29.6. The van der Waals surface area contributed by atoms with E-state index < -0.39 is 5.95 Å². The van der Waals surface area contributed by atoms with Gasteiger partial charge < -0.3 is 5.32 Å². The van der Waals surface area contributed by atoms with Gasteiger partial charge in [-0.25, -0.2) is 4.98 Å². The number of hydrogen-bond donors (Lipinski definition) is 1. The molecule has 2 aliphatic rings. The molecule has 3 rings (SSSR count). The average molecular weight is 232 g/mol. The van der Waals surface area contributed by atoms with Crippen LogP contribution in [-0.2, 0) is 4.79 Å². The minimum absolute atomic E-state index is 0.0232. The van der Waals surface area contributed by atoms with E-state index in [-0.39, 0.29) is 11.8 Å². The maximum atomic E-state index is 12.9. The summed E-state index contributed by atoms with van der Waals surface area (Å²) < 4.78 is 12.9. The van der Waals surface area contributed by atoms with Crippen LogP contribution in [0.5, 0.6) is 0 Å². The number of rotatable bonds is 2. The second-order valence-corrected chi connectivity index (χ2v) is 4.72. The number of allylic oxidation sites excluding steroid dienone is 2. The van der Waals surface area contributed by atoms with Gasteiger partial charge in [-0.2, -0.15) is 4.39 Å². The molecule has 0 radical (unpaired) electrons. The van der Waals surface area contributed by atoms with Crippen molar-refractivity contribution in [3.8, 4) is 0 Å². The van der Waals surface area contributed by atoms with Gasteiger partial charge in [-0.15, -0.1) is 0 Å². The lowest BCUT2D eigenvalue weighted by atomic mass is 9.93. The molecule has 2 aliphatic carbocycles. The summed E-state index contributed by atoms with van der Waals surface area (Å²) in [6.45, 7) is 0. The first-order valence-electron chi connectivity index (χ1n) is 5.84. The zero-order chi connectivity index (χ0) is 11.8. The number of anilines is 1. The average Bonchev–Trinajstić information content (AvgIpc) is 2.90. The highest BCUT2D eigenvalue weighted by molar-refractivity contribution is 5.92. The molecule has 2 bridgehead atoms. The van der Waals surface area contributed by atoms with Crippen molar-refractivity contribution in [2.75, 3.05) is 5.32 Å². The number of carbonyl (C=O) groups is 1. The highest BCUT2D eigenvalue weighted by atomic mass is 19.1. The number of hydrogen-bond acceptors (Lipinski definition) is 2. The second-order valence-electron chi connectivity index (χ2n) is 4.72. The molecule has 3 unspecified atom stereocenters. The first-order valence-corrected chi connectivity index (χ1v) is 5.84. The van der Waals surface area contributed by atoms with Gasteiger partial charge >= 0.3 is 0 Å². The highest BCUT2D eigenvalue weighted by Crippen LogP contribution is 2.43. The van der Waals surface area contributed by atoms with Gasteiger partial charge in [-0.1, -0.05) is 18.2 Å². The van der Waals surface area contributed by atoms with E-state index in [4.69, 9.17) is 0 Å². The molecule has 1 saturated carbocycles. The number of aromatic nitrogens is 1. The summed E-state index contributed by atoms with van der Waals surface area (Å²) in [6.07, 6.45) is 6.29. The highest BCUT2D eigenvalue weighted by Gasteiger charge is 2.39. The van der Waals surface area contributed by atoms with E-state index in [9.17, 15) is 9.18 Å². The number of carbonyl (C=O) groups excluding carboxylic acids is 1. The maximum absolute atomic E-state index is 12.9. The first-order chi connectivity index (χ1) is 8.22. The fourth-order valence-corrected chi connectivity index (χ4v) is 2.78. The molecule has 4 heteroatoms. The van der Waals surface area contributed by atoms with Crippen LogP contribution in [0, 0.1) is 23.7 Å². The zero-order valence-corrected chi connectivity index (χ0v) is 9.27. The summed E-state index contributed by atoms with van der Waals surface area (Å²) in [5.41, 5.74) is 0. The molecule has 0 aromatic carbocycles. The maximum Gasteiger partial charge on any atom is 0.229 e. The second kappa shape index (κ2) is 3.95. The summed E-state index contributed by atoms with van der Waals surface area (Å²) in [7, 11) is 0. The van der Waals surface area contributed by atoms with E-state index in [1.165, 1.54) is 6.07 Å². The van der Waals surface area contributed by atoms with Crippen LogP contribution in [0.3, 0.4) is 0 Å². The molecule has 0 spiro atoms. The molecular weight excluding hydrogens is 219 g/mol. The summed E-state index contributed by atoms with van der Waals surface area (Å²) in [4.78, 5) is 15.6. The van der Waals surface area contributed by atoms with Crippen molar-refractivity contribution in [3.05, 3.63) is 36.3 Å². The Hall–Kier alpha value is -1.71. The van der Waals surface area contributed by atoms with Crippen molar-refractivity contribution in [1.29, 1.82) is 0 Å². The Morgan fingerprint density at radius 3 is 2.88 bits per heavy atom. The van der Waals surface area contributed by atoms with Crippen LogP contribution in [0.1, 0.15) is 12.8 Å². The largest absolute Gasteiger partial charge is 0.310 e. The molecule has 0 saturated heterocycles. The minimum Gasteiger partial charge on any atom is -0.310 e. The van der Waals surface area contributed by atoms with E-state index in [0.717, 1.165) is 12.8 Å². The van der Waals surface area contributed by atoms with E-state index in [1.54, 1.807) is 12.1 Å². The third kappa shape index (κ3) is 1.95. The van der Waals surface area contributed by atoms with Gasteiger partial charge in [0.2, 0.25) is 11.9 Å². The van der Waals surface area contributed by atoms with Crippen molar-refractivity contribution in [2.45, 2.75) is 12.8 Å². The first kappa shape index (κ1) is 10.4. The molecular formula is C13H13FN2O. The number of fused-ring (bicyclic) bond motifs is 2. The van der Waals surface area contributed by atoms with E-state index in [0.29, 0.717) is 17.7 Å². The van der Waals surface area contributed by atoms with E-state index in [2.05, 4.69) is 22.5 Å². The van der Waals surface area contributed by atoms with Crippen LogP contribution in [0.2, 0.25) is 0 Å². The Morgan fingerprint density at radius 2 is 2.24 bits per heavy atom. The molecule has 1 N–H and O–H groups in total. The molecule has 1 fully saturated rings. The number of amides is 1. The summed E-state index contributed by atoms with van der Waals surface area (Å²) in [5, 5.41) is 2.69. The van der Waals surface area contributed by atoms with Gasteiger partial charge in [0.15, 0.2) is 0 Å². The number of nitrogens with one attached hydrogen (secondary N) is 1. The van der Waals surface area contributed by atoms with Crippen LogP contribution < -0.4 is 5.32 Å². The Morgan fingerprint density at radius 1 is 1.35 bits per heavy atom. The van der Waals surface area contributed by atoms with Crippen molar-refractivity contribution < 1.29 is 9.18 Å². The SMILES string of the molecule is O=C(Nc1cccc(F)n1)C1CC2C=CC1C2. The van der Waals surface area contributed by atoms with Crippen LogP contribution >= 0.6 is 0 Å². The number of halogens is 1. The Bertz CT molecular complexity index is 486. The Kier molecular flexibility index (Phi) is 2.42. The quantitative estimate of drug-likeness (QED) is 0.628. The molecule has 1 aromatic heterocycles. The fraction of sp³-hybridized carbons (Fsp3) is 0.385. The van der Waals surface area contributed by atoms with Crippen LogP contribution in [0.25, 0.3) is 0 Å². The Labute approximate surface area is 98.7 Å². The molecule has 3 nitrogen and oxygen atoms in total. The van der Waals surface area contributed by atoms with Gasteiger partial charge in [0, 0.05) is 5.92 Å². The molecule has 88 valence electrons. The van der Waals surface area contributed by atoms with Gasteiger partial charge in [0.25, 0.3) is 0 Å². The molecule has 1 amide bonds. The Balaban J connectivity index is 1.70. The monoisotopic (exact) mass is 232 g/mol. The van der Waals surface area contributed by atoms with Gasteiger partial charge in [-0.3, -0.25) is 4.79 Å². The summed E-state index contributed by atoms with van der Waals surface area (Å²) in [5.74, 6) is 0.609. The van der Waals surface area contributed by atoms with E-state index >= 15 is 0 Å². The topological polar surface area (TPSA) is 42.0 Å². The predicted molar refractivity (Wildman–Crippen MR) is 61.7 cm³/mol. The number of pyridine rings is 1. The van der Waals surface area contributed by atoms with Crippen molar-refractivity contribution >= 4 is 11.7 Å².